The minimum absolute atomic E-state index is 0.305. The van der Waals surface area contributed by atoms with Crippen LogP contribution in [0.1, 0.15) is 5.56 Å². The molecule has 0 aliphatic carbocycles. The van der Waals surface area contributed by atoms with Crippen LogP contribution in [0, 0.1) is 0 Å². The normalized spacial score (nSPS) is 9.42. The van der Waals surface area contributed by atoms with Crippen LogP contribution in [-0.4, -0.2) is 11.3 Å². The van der Waals surface area contributed by atoms with Gasteiger partial charge in [0, 0.05) is 6.54 Å². The Kier molecular flexibility index (Phi) is 2.66. The highest BCUT2D eigenvalue weighted by Crippen LogP contribution is 2.11. The minimum Gasteiger partial charge on any atom is -0.449 e. The molecule has 4 heteroatoms. The topological polar surface area (TPSA) is 72.5 Å². The van der Waals surface area contributed by atoms with Crippen LogP contribution in [0.5, 0.6) is 5.75 Å². The van der Waals surface area contributed by atoms with Crippen molar-refractivity contribution in [2.75, 3.05) is 0 Å². The quantitative estimate of drug-likeness (QED) is 0.512. The van der Waals surface area contributed by atoms with E-state index in [9.17, 15) is 4.79 Å². The summed E-state index contributed by atoms with van der Waals surface area (Å²) in [6.07, 6.45) is -1.31. The van der Waals surface area contributed by atoms with Crippen LogP contribution in [0.4, 0.5) is 4.79 Å². The van der Waals surface area contributed by atoms with E-state index < -0.39 is 6.16 Å². The maximum Gasteiger partial charge on any atom is 0.511 e. The summed E-state index contributed by atoms with van der Waals surface area (Å²) in [4.78, 5) is 10.1. The molecule has 4 nitrogen and oxygen atoms in total. The van der Waals surface area contributed by atoms with Gasteiger partial charge in [-0.3, -0.25) is 0 Å². The number of carbonyl (C=O) groups is 1. The SMILES string of the molecule is NCc1ccc(OC(=O)O)cc1. The highest BCUT2D eigenvalue weighted by molar-refractivity contribution is 5.61. The van der Waals surface area contributed by atoms with E-state index in [4.69, 9.17) is 10.8 Å². The van der Waals surface area contributed by atoms with Gasteiger partial charge < -0.3 is 15.6 Å². The van der Waals surface area contributed by atoms with Crippen molar-refractivity contribution >= 4 is 6.16 Å². The summed E-state index contributed by atoms with van der Waals surface area (Å²) in [5.41, 5.74) is 6.28. The molecule has 0 spiro atoms. The van der Waals surface area contributed by atoms with Crippen molar-refractivity contribution in [1.29, 1.82) is 0 Å². The first-order valence-electron chi connectivity index (χ1n) is 3.42. The summed E-state index contributed by atoms with van der Waals surface area (Å²) in [6, 6.07) is 6.57. The van der Waals surface area contributed by atoms with E-state index in [-0.39, 0.29) is 0 Å². The zero-order valence-electron chi connectivity index (χ0n) is 6.36. The fraction of sp³-hybridized carbons (Fsp3) is 0.125. The lowest BCUT2D eigenvalue weighted by molar-refractivity contribution is 0.144. The second-order valence-corrected chi connectivity index (χ2v) is 2.22. The molecule has 1 rings (SSSR count). The molecule has 0 saturated carbocycles. The Morgan fingerprint density at radius 3 is 2.42 bits per heavy atom. The number of hydrogen-bond donors (Lipinski definition) is 2. The van der Waals surface area contributed by atoms with Gasteiger partial charge in [0.15, 0.2) is 0 Å². The summed E-state index contributed by atoms with van der Waals surface area (Å²) in [7, 11) is 0. The number of rotatable bonds is 2. The van der Waals surface area contributed by atoms with Crippen LogP contribution < -0.4 is 10.5 Å². The first-order chi connectivity index (χ1) is 5.72. The Bertz CT molecular complexity index is 268. The molecule has 1 aromatic carbocycles. The third-order valence-corrected chi connectivity index (χ3v) is 1.36. The first-order valence-corrected chi connectivity index (χ1v) is 3.42. The lowest BCUT2D eigenvalue weighted by atomic mass is 10.2. The van der Waals surface area contributed by atoms with Gasteiger partial charge in [-0.15, -0.1) is 0 Å². The molecule has 3 N–H and O–H groups in total. The fourth-order valence-corrected chi connectivity index (χ4v) is 0.794. The summed E-state index contributed by atoms with van der Waals surface area (Å²) < 4.78 is 4.39. The molecular formula is C8H9NO3. The van der Waals surface area contributed by atoms with E-state index in [1.165, 1.54) is 0 Å². The Balaban J connectivity index is 2.71. The highest BCUT2D eigenvalue weighted by Gasteiger charge is 1.98. The molecule has 0 radical (unpaired) electrons. The molecule has 0 fully saturated rings. The van der Waals surface area contributed by atoms with Crippen LogP contribution in [0.15, 0.2) is 24.3 Å². The van der Waals surface area contributed by atoms with E-state index in [1.54, 1.807) is 24.3 Å². The molecule has 0 atom stereocenters. The van der Waals surface area contributed by atoms with Gasteiger partial charge in [-0.05, 0) is 17.7 Å². The third kappa shape index (κ3) is 2.25. The van der Waals surface area contributed by atoms with Crippen molar-refractivity contribution in [3.8, 4) is 5.75 Å². The van der Waals surface area contributed by atoms with Crippen LogP contribution in [0.2, 0.25) is 0 Å². The number of nitrogens with two attached hydrogens (primary N) is 1. The molecule has 0 bridgehead atoms. The summed E-state index contributed by atoms with van der Waals surface area (Å²) >= 11 is 0. The molecule has 1 aromatic rings. The van der Waals surface area contributed by atoms with Gasteiger partial charge in [0.1, 0.15) is 5.75 Å². The lowest BCUT2D eigenvalue weighted by Gasteiger charge is -1.99. The van der Waals surface area contributed by atoms with Crippen molar-refractivity contribution in [1.82, 2.24) is 0 Å². The summed E-state index contributed by atoms with van der Waals surface area (Å²) in [6.45, 7) is 0.438. The Hall–Kier alpha value is -1.55. The molecule has 64 valence electrons. The highest BCUT2D eigenvalue weighted by atomic mass is 16.7. The number of carboxylic acid groups (broad SMARTS) is 1. The zero-order valence-corrected chi connectivity index (χ0v) is 6.36. The van der Waals surface area contributed by atoms with E-state index in [0.717, 1.165) is 5.56 Å². The van der Waals surface area contributed by atoms with Crippen LogP contribution in [0.3, 0.4) is 0 Å². The van der Waals surface area contributed by atoms with Crippen molar-refractivity contribution in [3.63, 3.8) is 0 Å². The maximum atomic E-state index is 10.1. The molecule has 0 aliphatic rings. The standard InChI is InChI=1S/C8H9NO3/c9-5-6-1-3-7(4-2-6)12-8(10)11/h1-4H,5,9H2,(H,10,11). The van der Waals surface area contributed by atoms with Crippen LogP contribution in [-0.2, 0) is 6.54 Å². The van der Waals surface area contributed by atoms with Crippen molar-refractivity contribution < 1.29 is 14.6 Å². The largest absolute Gasteiger partial charge is 0.511 e. The Labute approximate surface area is 69.6 Å². The van der Waals surface area contributed by atoms with Gasteiger partial charge in [-0.25, -0.2) is 4.79 Å². The van der Waals surface area contributed by atoms with Gasteiger partial charge in [-0.2, -0.15) is 0 Å². The lowest BCUT2D eigenvalue weighted by Crippen LogP contribution is -2.03. The number of benzene rings is 1. The van der Waals surface area contributed by atoms with Gasteiger partial charge in [0.05, 0.1) is 0 Å². The fourth-order valence-electron chi connectivity index (χ4n) is 0.794. The zero-order chi connectivity index (χ0) is 8.97. The second kappa shape index (κ2) is 3.73. The van der Waals surface area contributed by atoms with Gasteiger partial charge in [-0.1, -0.05) is 12.1 Å². The predicted molar refractivity (Wildman–Crippen MR) is 43.0 cm³/mol. The van der Waals surface area contributed by atoms with E-state index in [1.807, 2.05) is 0 Å². The third-order valence-electron chi connectivity index (χ3n) is 1.36. The summed E-state index contributed by atoms with van der Waals surface area (Å²) in [5.74, 6) is 0.305. The smallest absolute Gasteiger partial charge is 0.449 e. The van der Waals surface area contributed by atoms with Crippen molar-refractivity contribution in [3.05, 3.63) is 29.8 Å². The Morgan fingerprint density at radius 1 is 1.42 bits per heavy atom. The van der Waals surface area contributed by atoms with E-state index >= 15 is 0 Å². The molecule has 0 aliphatic heterocycles. The minimum atomic E-state index is -1.31. The van der Waals surface area contributed by atoms with Gasteiger partial charge >= 0.3 is 6.16 Å². The van der Waals surface area contributed by atoms with Crippen molar-refractivity contribution in [2.24, 2.45) is 5.73 Å². The van der Waals surface area contributed by atoms with Gasteiger partial charge in [0.2, 0.25) is 0 Å². The Morgan fingerprint density at radius 2 is 2.00 bits per heavy atom. The molecule has 0 heterocycles. The van der Waals surface area contributed by atoms with E-state index in [0.29, 0.717) is 12.3 Å². The molecule has 0 saturated heterocycles. The predicted octanol–water partition coefficient (Wildman–Crippen LogP) is 1.20. The molecule has 12 heavy (non-hydrogen) atoms. The number of ether oxygens (including phenoxy) is 1. The average molecular weight is 167 g/mol. The molecule has 0 amide bonds. The van der Waals surface area contributed by atoms with Crippen molar-refractivity contribution in [2.45, 2.75) is 6.54 Å². The average Bonchev–Trinajstić information content (AvgIpc) is 2.05. The van der Waals surface area contributed by atoms with E-state index in [2.05, 4.69) is 4.74 Å². The second-order valence-electron chi connectivity index (χ2n) is 2.22. The molecule has 0 aromatic heterocycles. The van der Waals surface area contributed by atoms with Crippen LogP contribution >= 0.6 is 0 Å². The van der Waals surface area contributed by atoms with Crippen LogP contribution in [0.25, 0.3) is 0 Å². The maximum absolute atomic E-state index is 10.1. The molecular weight excluding hydrogens is 158 g/mol. The van der Waals surface area contributed by atoms with Gasteiger partial charge in [0.25, 0.3) is 0 Å². The molecule has 0 unspecified atom stereocenters. The number of hydrogen-bond acceptors (Lipinski definition) is 3. The monoisotopic (exact) mass is 167 g/mol. The first kappa shape index (κ1) is 8.55. The summed E-state index contributed by atoms with van der Waals surface area (Å²) in [5, 5.41) is 8.25.